The number of nitrogens with zero attached hydrogens (tertiary/aromatic N) is 1. The minimum absolute atomic E-state index is 0.0433. The monoisotopic (exact) mass is 679 g/mol. The molecule has 0 unspecified atom stereocenters. The highest BCUT2D eigenvalue weighted by atomic mass is 16.5. The van der Waals surface area contributed by atoms with E-state index in [0.717, 1.165) is 0 Å². The van der Waals surface area contributed by atoms with Gasteiger partial charge in [-0.15, -0.1) is 0 Å². The standard InChI is InChI=1S/C37H65N3O8/c1-14-16-17-25(9)34(48-26(10)41)28(35(44)39-29(15-2)37(46)47-13)21-32(43)33(24(7)8)40(12)36(45)27(18-22(3)4)20-31(42)30(38-11)19-23(5)6/h14,16,22-25,27-30,33-34,38H,15,17-21H2,1-13H3,(H,39,44)/b16-14+/t25-,27-,28+,29+,30+,33+,34-/m1/s1. The average molecular weight is 680 g/mol. The molecular formula is C37H65N3O8. The minimum Gasteiger partial charge on any atom is -0.467 e. The number of esters is 2. The average Bonchev–Trinajstić information content (AvgIpc) is 3.00. The van der Waals surface area contributed by atoms with Crippen LogP contribution < -0.4 is 10.6 Å². The summed E-state index contributed by atoms with van der Waals surface area (Å²) in [5.74, 6) is -4.63. The lowest BCUT2D eigenvalue weighted by Crippen LogP contribution is -2.52. The number of ketones is 2. The number of methoxy groups -OCH3 is 1. The van der Waals surface area contributed by atoms with Gasteiger partial charge < -0.3 is 25.0 Å². The quantitative estimate of drug-likeness (QED) is 0.114. The highest BCUT2D eigenvalue weighted by molar-refractivity contribution is 5.95. The van der Waals surface area contributed by atoms with Gasteiger partial charge in [0, 0.05) is 32.7 Å². The van der Waals surface area contributed by atoms with Crippen LogP contribution in [-0.2, 0) is 38.2 Å². The SMILES string of the molecule is C/C=C/C[C@@H](C)[C@@H](OC(C)=O)[C@H](CC(=O)[C@H](C(C)C)N(C)C(=O)[C@@H](CC(=O)[C@H](CC(C)C)NC)CC(C)C)C(=O)N[C@@H](CC)C(=O)OC. The molecule has 0 aliphatic heterocycles. The fourth-order valence-electron chi connectivity index (χ4n) is 6.28. The number of amides is 2. The van der Waals surface area contributed by atoms with Gasteiger partial charge in [0.05, 0.1) is 25.1 Å². The number of carbonyl (C=O) groups excluding carboxylic acids is 6. The third kappa shape index (κ3) is 15.0. The molecule has 0 aliphatic rings. The molecular weight excluding hydrogens is 614 g/mol. The van der Waals surface area contributed by atoms with Crippen molar-refractivity contribution in [2.75, 3.05) is 21.2 Å². The number of ether oxygens (including phenoxy) is 2. The van der Waals surface area contributed by atoms with E-state index < -0.39 is 47.9 Å². The van der Waals surface area contributed by atoms with Crippen LogP contribution in [0.2, 0.25) is 0 Å². The zero-order valence-corrected chi connectivity index (χ0v) is 31.9. The topological polar surface area (TPSA) is 148 Å². The zero-order valence-electron chi connectivity index (χ0n) is 31.9. The number of allylic oxidation sites excluding steroid dienone is 2. The van der Waals surface area contributed by atoms with Gasteiger partial charge in [-0.25, -0.2) is 4.79 Å². The number of nitrogens with one attached hydrogen (secondary N) is 2. The first-order valence-electron chi connectivity index (χ1n) is 17.5. The Morgan fingerprint density at radius 3 is 1.88 bits per heavy atom. The van der Waals surface area contributed by atoms with Crippen molar-refractivity contribution in [3.63, 3.8) is 0 Å². The summed E-state index contributed by atoms with van der Waals surface area (Å²) in [6.07, 6.45) is 4.30. The lowest BCUT2D eigenvalue weighted by atomic mass is 9.82. The maximum atomic E-state index is 14.3. The molecule has 48 heavy (non-hydrogen) atoms. The van der Waals surface area contributed by atoms with Crippen LogP contribution in [0.15, 0.2) is 12.2 Å². The van der Waals surface area contributed by atoms with Gasteiger partial charge in [-0.2, -0.15) is 0 Å². The highest BCUT2D eigenvalue weighted by Gasteiger charge is 2.41. The van der Waals surface area contributed by atoms with Crippen LogP contribution in [0.5, 0.6) is 0 Å². The number of Topliss-reactive ketones (excluding diaryl/α,β-unsaturated/α-hetero) is 2. The zero-order chi connectivity index (χ0) is 37.3. The summed E-state index contributed by atoms with van der Waals surface area (Å²) in [6, 6.07) is -2.25. The van der Waals surface area contributed by atoms with E-state index in [-0.39, 0.29) is 66.4 Å². The number of carbonyl (C=O) groups is 6. The molecule has 0 fully saturated rings. The van der Waals surface area contributed by atoms with Crippen molar-refractivity contribution in [2.24, 2.45) is 35.5 Å². The van der Waals surface area contributed by atoms with Crippen LogP contribution in [0.3, 0.4) is 0 Å². The lowest BCUT2D eigenvalue weighted by molar-refractivity contribution is -0.158. The Kier molecular flexibility index (Phi) is 21.1. The molecule has 0 heterocycles. The van der Waals surface area contributed by atoms with Gasteiger partial charge >= 0.3 is 11.9 Å². The molecule has 2 amide bonds. The minimum atomic E-state index is -1.15. The molecule has 11 heteroatoms. The van der Waals surface area contributed by atoms with Crippen LogP contribution >= 0.6 is 0 Å². The van der Waals surface area contributed by atoms with Crippen molar-refractivity contribution in [2.45, 2.75) is 132 Å². The molecule has 0 aliphatic carbocycles. The van der Waals surface area contributed by atoms with Gasteiger partial charge in [0.25, 0.3) is 0 Å². The second kappa shape index (κ2) is 22.5. The summed E-state index contributed by atoms with van der Waals surface area (Å²) < 4.78 is 10.6. The first-order valence-corrected chi connectivity index (χ1v) is 17.5. The van der Waals surface area contributed by atoms with Gasteiger partial charge in [0.15, 0.2) is 11.6 Å². The van der Waals surface area contributed by atoms with Gasteiger partial charge in [0.1, 0.15) is 12.1 Å². The van der Waals surface area contributed by atoms with Crippen LogP contribution in [-0.4, -0.2) is 85.7 Å². The van der Waals surface area contributed by atoms with Crippen molar-refractivity contribution in [3.8, 4) is 0 Å². The molecule has 7 atom stereocenters. The van der Waals surface area contributed by atoms with Crippen LogP contribution in [0, 0.1) is 35.5 Å². The molecule has 276 valence electrons. The third-order valence-electron chi connectivity index (χ3n) is 8.69. The Morgan fingerprint density at radius 2 is 1.44 bits per heavy atom. The molecule has 0 rings (SSSR count). The van der Waals surface area contributed by atoms with E-state index in [1.54, 1.807) is 21.0 Å². The Bertz CT molecular complexity index is 1090. The van der Waals surface area contributed by atoms with Crippen LogP contribution in [0.1, 0.15) is 108 Å². The maximum Gasteiger partial charge on any atom is 0.328 e. The summed E-state index contributed by atoms with van der Waals surface area (Å²) in [6.45, 7) is 18.4. The van der Waals surface area contributed by atoms with E-state index >= 15 is 0 Å². The lowest BCUT2D eigenvalue weighted by Gasteiger charge is -2.36. The van der Waals surface area contributed by atoms with E-state index in [2.05, 4.69) is 10.6 Å². The van der Waals surface area contributed by atoms with Gasteiger partial charge in [-0.05, 0) is 63.3 Å². The molecule has 0 radical (unpaired) electrons. The Morgan fingerprint density at radius 1 is 0.854 bits per heavy atom. The van der Waals surface area contributed by atoms with Gasteiger partial charge in [-0.1, -0.05) is 67.5 Å². The molecule has 0 spiro atoms. The fraction of sp³-hybridized carbons (Fsp3) is 0.784. The second-order valence-electron chi connectivity index (χ2n) is 14.2. The van der Waals surface area contributed by atoms with E-state index in [1.807, 2.05) is 67.5 Å². The first-order chi connectivity index (χ1) is 22.4. The highest BCUT2D eigenvalue weighted by Crippen LogP contribution is 2.28. The Hall–Kier alpha value is -3.08. The molecule has 0 saturated carbocycles. The molecule has 0 saturated heterocycles. The maximum absolute atomic E-state index is 14.3. The molecule has 0 aromatic rings. The van der Waals surface area contributed by atoms with Crippen molar-refractivity contribution in [1.29, 1.82) is 0 Å². The third-order valence-corrected chi connectivity index (χ3v) is 8.69. The smallest absolute Gasteiger partial charge is 0.328 e. The predicted molar refractivity (Wildman–Crippen MR) is 188 cm³/mol. The van der Waals surface area contributed by atoms with Crippen molar-refractivity contribution in [3.05, 3.63) is 12.2 Å². The van der Waals surface area contributed by atoms with Crippen LogP contribution in [0.4, 0.5) is 0 Å². The molecule has 0 aromatic carbocycles. The van der Waals surface area contributed by atoms with Crippen molar-refractivity contribution >= 4 is 35.3 Å². The Balaban J connectivity index is 6.69. The first kappa shape index (κ1) is 44.9. The second-order valence-corrected chi connectivity index (χ2v) is 14.2. The molecule has 0 aromatic heterocycles. The van der Waals surface area contributed by atoms with E-state index in [4.69, 9.17) is 9.47 Å². The summed E-state index contributed by atoms with van der Waals surface area (Å²) in [4.78, 5) is 81.7. The van der Waals surface area contributed by atoms with Gasteiger partial charge in [-0.3, -0.25) is 24.0 Å². The van der Waals surface area contributed by atoms with E-state index in [9.17, 15) is 28.8 Å². The Labute approximate surface area is 289 Å². The summed E-state index contributed by atoms with van der Waals surface area (Å²) >= 11 is 0. The number of likely N-dealkylation sites (N-methyl/N-ethyl adjacent to an activating group) is 2. The summed E-state index contributed by atoms with van der Waals surface area (Å²) in [7, 11) is 4.54. The number of hydrogen-bond donors (Lipinski definition) is 2. The van der Waals surface area contributed by atoms with Crippen molar-refractivity contribution < 1.29 is 38.2 Å². The fourth-order valence-corrected chi connectivity index (χ4v) is 6.28. The summed E-state index contributed by atoms with van der Waals surface area (Å²) in [5.41, 5.74) is 0. The van der Waals surface area contributed by atoms with E-state index in [0.29, 0.717) is 19.3 Å². The molecule has 11 nitrogen and oxygen atoms in total. The van der Waals surface area contributed by atoms with E-state index in [1.165, 1.54) is 18.9 Å². The molecule has 2 N–H and O–H groups in total. The van der Waals surface area contributed by atoms with Crippen LogP contribution in [0.25, 0.3) is 0 Å². The largest absolute Gasteiger partial charge is 0.467 e. The number of hydrogen-bond acceptors (Lipinski definition) is 9. The van der Waals surface area contributed by atoms with Gasteiger partial charge in [0.2, 0.25) is 11.8 Å². The summed E-state index contributed by atoms with van der Waals surface area (Å²) in [5, 5.41) is 5.79. The normalized spacial score (nSPS) is 16.2. The predicted octanol–water partition coefficient (Wildman–Crippen LogP) is 4.90. The number of rotatable bonds is 23. The van der Waals surface area contributed by atoms with Crippen molar-refractivity contribution in [1.82, 2.24) is 15.5 Å². The molecule has 0 bridgehead atoms.